The minimum atomic E-state index is -0.618. The van der Waals surface area contributed by atoms with Crippen LogP contribution in [0.15, 0.2) is 82.0 Å². The lowest BCUT2D eigenvalue weighted by Crippen LogP contribution is -2.13. The predicted molar refractivity (Wildman–Crippen MR) is 120 cm³/mol. The molecule has 1 aromatic heterocycles. The van der Waals surface area contributed by atoms with E-state index < -0.39 is 11.6 Å². The molecule has 0 atom stereocenters. The lowest BCUT2D eigenvalue weighted by molar-refractivity contribution is 0.0471. The summed E-state index contributed by atoms with van der Waals surface area (Å²) < 4.78 is 10.9. The number of carbonyl (C=O) groups excluding carboxylic acids is 2. The fraction of sp³-hybridized carbons (Fsp3) is 0.148. The van der Waals surface area contributed by atoms with E-state index in [-0.39, 0.29) is 23.5 Å². The number of carbonyl (C=O) groups is 2. The Morgan fingerprint density at radius 2 is 1.53 bits per heavy atom. The highest BCUT2D eigenvalue weighted by atomic mass is 16.5. The summed E-state index contributed by atoms with van der Waals surface area (Å²) in [5.41, 5.74) is 4.00. The molecule has 0 bridgehead atoms. The van der Waals surface area contributed by atoms with Crippen molar-refractivity contribution >= 4 is 22.7 Å². The standard InChI is InChI=1S/C27H20O5/c28-25-15-20(23-13-18-9-6-10-19(18)14-24(23)32-25)16-31-27(30)22-12-5-4-11-21(22)26(29)17-7-2-1-3-8-17/h1-5,7-8,11-15H,6,9-10,16H2. The van der Waals surface area contributed by atoms with Crippen molar-refractivity contribution in [2.45, 2.75) is 25.9 Å². The van der Waals surface area contributed by atoms with Crippen LogP contribution in [-0.4, -0.2) is 11.8 Å². The van der Waals surface area contributed by atoms with E-state index in [0.717, 1.165) is 24.6 Å². The maximum Gasteiger partial charge on any atom is 0.339 e. The van der Waals surface area contributed by atoms with Gasteiger partial charge in [-0.1, -0.05) is 48.5 Å². The average molecular weight is 424 g/mol. The van der Waals surface area contributed by atoms with Crippen molar-refractivity contribution < 1.29 is 18.7 Å². The number of ketones is 1. The lowest BCUT2D eigenvalue weighted by Gasteiger charge is -2.11. The van der Waals surface area contributed by atoms with Crippen LogP contribution in [0.3, 0.4) is 0 Å². The molecule has 0 fully saturated rings. The molecule has 0 N–H and O–H groups in total. The van der Waals surface area contributed by atoms with Gasteiger partial charge in [-0.05, 0) is 48.6 Å². The Morgan fingerprint density at radius 3 is 2.31 bits per heavy atom. The molecule has 3 aromatic carbocycles. The van der Waals surface area contributed by atoms with Crippen LogP contribution in [0.25, 0.3) is 11.0 Å². The summed E-state index contributed by atoms with van der Waals surface area (Å²) >= 11 is 0. The third-order valence-electron chi connectivity index (χ3n) is 5.83. The van der Waals surface area contributed by atoms with Crippen LogP contribution < -0.4 is 5.63 Å². The van der Waals surface area contributed by atoms with E-state index in [0.29, 0.717) is 16.7 Å². The lowest BCUT2D eigenvalue weighted by atomic mass is 9.98. The van der Waals surface area contributed by atoms with Gasteiger partial charge in [-0.15, -0.1) is 0 Å². The van der Waals surface area contributed by atoms with Gasteiger partial charge in [0.2, 0.25) is 0 Å². The van der Waals surface area contributed by atoms with Gasteiger partial charge in [0.15, 0.2) is 5.78 Å². The van der Waals surface area contributed by atoms with E-state index in [2.05, 4.69) is 0 Å². The molecule has 0 amide bonds. The van der Waals surface area contributed by atoms with Crippen LogP contribution >= 0.6 is 0 Å². The molecule has 4 aromatic rings. The Balaban J connectivity index is 1.43. The Kier molecular flexibility index (Phi) is 5.15. The highest BCUT2D eigenvalue weighted by Gasteiger charge is 2.20. The second-order valence-electron chi connectivity index (χ2n) is 7.88. The molecule has 32 heavy (non-hydrogen) atoms. The number of aryl methyl sites for hydroxylation is 2. The van der Waals surface area contributed by atoms with Gasteiger partial charge in [-0.2, -0.15) is 0 Å². The van der Waals surface area contributed by atoms with Gasteiger partial charge in [0.05, 0.1) is 5.56 Å². The van der Waals surface area contributed by atoms with E-state index >= 15 is 0 Å². The molecule has 0 saturated heterocycles. The first kappa shape index (κ1) is 19.9. The monoisotopic (exact) mass is 424 g/mol. The summed E-state index contributed by atoms with van der Waals surface area (Å²) in [5, 5.41) is 0.770. The highest BCUT2D eigenvalue weighted by molar-refractivity contribution is 6.14. The maximum absolute atomic E-state index is 12.9. The van der Waals surface area contributed by atoms with Gasteiger partial charge in [0.1, 0.15) is 12.2 Å². The number of esters is 1. The SMILES string of the molecule is O=C(OCc1cc(=O)oc2cc3c(cc12)CCC3)c1ccccc1C(=O)c1ccccc1. The van der Waals surface area contributed by atoms with E-state index in [4.69, 9.17) is 9.15 Å². The molecule has 1 aliphatic carbocycles. The summed E-state index contributed by atoms with van der Waals surface area (Å²) in [6.45, 7) is -0.0897. The molecular formula is C27H20O5. The number of rotatable bonds is 5. The van der Waals surface area contributed by atoms with Gasteiger partial charge in [0.25, 0.3) is 0 Å². The zero-order valence-corrected chi connectivity index (χ0v) is 17.3. The normalized spacial score (nSPS) is 12.5. The third kappa shape index (κ3) is 3.73. The minimum absolute atomic E-state index is 0.0897. The predicted octanol–water partition coefficient (Wildman–Crippen LogP) is 4.87. The first-order chi connectivity index (χ1) is 15.6. The van der Waals surface area contributed by atoms with Crippen LogP contribution in [0, 0.1) is 0 Å². The van der Waals surface area contributed by atoms with Crippen LogP contribution in [0.4, 0.5) is 0 Å². The van der Waals surface area contributed by atoms with Crippen LogP contribution in [0.1, 0.15) is 49.4 Å². The fourth-order valence-electron chi connectivity index (χ4n) is 4.24. The molecular weight excluding hydrogens is 404 g/mol. The second-order valence-corrected chi connectivity index (χ2v) is 7.88. The third-order valence-corrected chi connectivity index (χ3v) is 5.83. The van der Waals surface area contributed by atoms with Crippen molar-refractivity contribution in [1.82, 2.24) is 0 Å². The summed E-state index contributed by atoms with van der Waals surface area (Å²) in [6, 6.07) is 20.7. The summed E-state index contributed by atoms with van der Waals surface area (Å²) in [7, 11) is 0. The molecule has 5 nitrogen and oxygen atoms in total. The molecule has 0 spiro atoms. The highest BCUT2D eigenvalue weighted by Crippen LogP contribution is 2.29. The van der Waals surface area contributed by atoms with Gasteiger partial charge in [0, 0.05) is 28.1 Å². The quantitative estimate of drug-likeness (QED) is 0.260. The molecule has 5 rings (SSSR count). The number of hydrogen-bond acceptors (Lipinski definition) is 5. The minimum Gasteiger partial charge on any atom is -0.457 e. The van der Waals surface area contributed by atoms with Gasteiger partial charge in [-0.25, -0.2) is 9.59 Å². The second kappa shape index (κ2) is 8.27. The molecule has 0 aliphatic heterocycles. The van der Waals surface area contributed by atoms with E-state index in [1.807, 2.05) is 18.2 Å². The van der Waals surface area contributed by atoms with Crippen molar-refractivity contribution in [2.24, 2.45) is 0 Å². The van der Waals surface area contributed by atoms with E-state index in [1.165, 1.54) is 17.2 Å². The topological polar surface area (TPSA) is 73.6 Å². The first-order valence-electron chi connectivity index (χ1n) is 10.5. The van der Waals surface area contributed by atoms with Gasteiger partial charge >= 0.3 is 11.6 Å². The van der Waals surface area contributed by atoms with E-state index in [1.54, 1.807) is 48.5 Å². The smallest absolute Gasteiger partial charge is 0.339 e. The molecule has 0 unspecified atom stereocenters. The Hall–Kier alpha value is -3.99. The molecule has 1 aliphatic rings. The number of fused-ring (bicyclic) bond motifs is 2. The van der Waals surface area contributed by atoms with Crippen molar-refractivity contribution in [3.63, 3.8) is 0 Å². The van der Waals surface area contributed by atoms with Crippen LogP contribution in [0.5, 0.6) is 0 Å². The molecule has 5 heteroatoms. The van der Waals surface area contributed by atoms with Gasteiger partial charge < -0.3 is 9.15 Å². The van der Waals surface area contributed by atoms with Crippen molar-refractivity contribution in [1.29, 1.82) is 0 Å². The summed E-state index contributed by atoms with van der Waals surface area (Å²) in [5.74, 6) is -0.869. The largest absolute Gasteiger partial charge is 0.457 e. The first-order valence-corrected chi connectivity index (χ1v) is 10.5. The molecule has 1 heterocycles. The average Bonchev–Trinajstić information content (AvgIpc) is 3.28. The molecule has 0 saturated carbocycles. The zero-order valence-electron chi connectivity index (χ0n) is 17.3. The summed E-state index contributed by atoms with van der Waals surface area (Å²) in [4.78, 5) is 37.9. The van der Waals surface area contributed by atoms with Crippen LogP contribution in [0.2, 0.25) is 0 Å². The number of hydrogen-bond donors (Lipinski definition) is 0. The molecule has 158 valence electrons. The van der Waals surface area contributed by atoms with E-state index in [9.17, 15) is 14.4 Å². The number of benzene rings is 3. The van der Waals surface area contributed by atoms with Crippen molar-refractivity contribution in [2.75, 3.05) is 0 Å². The summed E-state index contributed by atoms with van der Waals surface area (Å²) in [6.07, 6.45) is 3.03. The Labute approximate surface area is 184 Å². The van der Waals surface area contributed by atoms with Gasteiger partial charge in [-0.3, -0.25) is 4.79 Å². The Bertz CT molecular complexity index is 1400. The van der Waals surface area contributed by atoms with Crippen LogP contribution in [-0.2, 0) is 24.2 Å². The fourth-order valence-corrected chi connectivity index (χ4v) is 4.24. The number of ether oxygens (including phenoxy) is 1. The maximum atomic E-state index is 12.9. The zero-order chi connectivity index (χ0) is 22.1. The Morgan fingerprint density at radius 1 is 0.844 bits per heavy atom. The molecule has 0 radical (unpaired) electrons. The van der Waals surface area contributed by atoms with Crippen molar-refractivity contribution in [3.8, 4) is 0 Å². The van der Waals surface area contributed by atoms with Crippen molar-refractivity contribution in [3.05, 3.63) is 117 Å².